The molecule has 2 aromatic carbocycles. The van der Waals surface area contributed by atoms with Crippen molar-refractivity contribution in [2.75, 3.05) is 0 Å². The molecule has 0 fully saturated rings. The van der Waals surface area contributed by atoms with E-state index < -0.39 is 6.61 Å². The molecule has 7 nitrogen and oxygen atoms in total. The predicted octanol–water partition coefficient (Wildman–Crippen LogP) is 3.94. The highest BCUT2D eigenvalue weighted by Gasteiger charge is 2.17. The van der Waals surface area contributed by atoms with Crippen LogP contribution in [0.3, 0.4) is 0 Å². The van der Waals surface area contributed by atoms with E-state index >= 15 is 0 Å². The third kappa shape index (κ3) is 3.39. The van der Waals surface area contributed by atoms with Gasteiger partial charge in [0.25, 0.3) is 5.56 Å². The van der Waals surface area contributed by atoms with Gasteiger partial charge >= 0.3 is 6.61 Å². The molecule has 0 unspecified atom stereocenters. The van der Waals surface area contributed by atoms with Gasteiger partial charge in [-0.05, 0) is 48.0 Å². The molecule has 154 valence electrons. The SMILES string of the molecule is Cn1cc2cc(-n3nc4cccnc4c(-c4ccc(OC(F)F)cc4)c3=O)ccc2n1. The molecule has 0 N–H and O–H groups in total. The van der Waals surface area contributed by atoms with E-state index in [-0.39, 0.29) is 11.3 Å². The second-order valence-corrected chi connectivity index (χ2v) is 6.91. The van der Waals surface area contributed by atoms with Crippen molar-refractivity contribution in [3.8, 4) is 22.6 Å². The fourth-order valence-electron chi connectivity index (χ4n) is 3.54. The Bertz CT molecular complexity index is 1480. The minimum atomic E-state index is -2.92. The summed E-state index contributed by atoms with van der Waals surface area (Å²) < 4.78 is 32.4. The first-order chi connectivity index (χ1) is 15.0. The van der Waals surface area contributed by atoms with Gasteiger partial charge in [0.05, 0.1) is 16.8 Å². The van der Waals surface area contributed by atoms with E-state index in [0.717, 1.165) is 10.9 Å². The van der Waals surface area contributed by atoms with E-state index in [9.17, 15) is 13.6 Å². The van der Waals surface area contributed by atoms with Crippen LogP contribution in [0.5, 0.6) is 5.75 Å². The number of alkyl halides is 2. The van der Waals surface area contributed by atoms with E-state index in [2.05, 4.69) is 19.9 Å². The number of hydrogen-bond acceptors (Lipinski definition) is 5. The summed E-state index contributed by atoms with van der Waals surface area (Å²) in [5, 5.41) is 9.71. The Morgan fingerprint density at radius 3 is 2.58 bits per heavy atom. The van der Waals surface area contributed by atoms with Crippen molar-refractivity contribution in [3.63, 3.8) is 0 Å². The quantitative estimate of drug-likeness (QED) is 0.441. The van der Waals surface area contributed by atoms with Gasteiger partial charge in [-0.25, -0.2) is 0 Å². The molecular weight excluding hydrogens is 404 g/mol. The van der Waals surface area contributed by atoms with Gasteiger partial charge in [0.1, 0.15) is 16.8 Å². The topological polar surface area (TPSA) is 74.8 Å². The van der Waals surface area contributed by atoms with Crippen LogP contribution >= 0.6 is 0 Å². The number of rotatable bonds is 4. The molecule has 0 amide bonds. The van der Waals surface area contributed by atoms with Gasteiger partial charge in [-0.1, -0.05) is 12.1 Å². The van der Waals surface area contributed by atoms with Crippen LogP contribution in [0, 0.1) is 0 Å². The highest BCUT2D eigenvalue weighted by Crippen LogP contribution is 2.26. The number of hydrogen-bond donors (Lipinski definition) is 0. The van der Waals surface area contributed by atoms with Gasteiger partial charge in [-0.3, -0.25) is 14.5 Å². The van der Waals surface area contributed by atoms with E-state index in [1.165, 1.54) is 16.8 Å². The molecule has 0 aliphatic carbocycles. The van der Waals surface area contributed by atoms with Gasteiger partial charge in [0.15, 0.2) is 0 Å². The molecule has 31 heavy (non-hydrogen) atoms. The number of aryl methyl sites for hydroxylation is 1. The van der Waals surface area contributed by atoms with Crippen molar-refractivity contribution in [2.24, 2.45) is 7.05 Å². The fourth-order valence-corrected chi connectivity index (χ4v) is 3.54. The van der Waals surface area contributed by atoms with Crippen molar-refractivity contribution in [2.45, 2.75) is 6.61 Å². The van der Waals surface area contributed by atoms with Gasteiger partial charge < -0.3 is 4.74 Å². The van der Waals surface area contributed by atoms with Crippen molar-refractivity contribution in [3.05, 3.63) is 77.3 Å². The van der Waals surface area contributed by atoms with Crippen LogP contribution in [0.1, 0.15) is 0 Å². The molecular formula is C22H15F2N5O2. The maximum Gasteiger partial charge on any atom is 0.387 e. The Morgan fingerprint density at radius 2 is 1.81 bits per heavy atom. The molecule has 0 atom stereocenters. The van der Waals surface area contributed by atoms with Gasteiger partial charge in [-0.15, -0.1) is 0 Å². The van der Waals surface area contributed by atoms with Crippen molar-refractivity contribution >= 4 is 21.9 Å². The number of pyridine rings is 1. The third-order valence-corrected chi connectivity index (χ3v) is 4.85. The molecule has 0 bridgehead atoms. The zero-order valence-corrected chi connectivity index (χ0v) is 16.2. The largest absolute Gasteiger partial charge is 0.435 e. The smallest absolute Gasteiger partial charge is 0.387 e. The van der Waals surface area contributed by atoms with Crippen LogP contribution in [-0.2, 0) is 7.05 Å². The van der Waals surface area contributed by atoms with E-state index in [1.54, 1.807) is 41.2 Å². The monoisotopic (exact) mass is 419 g/mol. The summed E-state index contributed by atoms with van der Waals surface area (Å²) in [6, 6.07) is 14.8. The number of halogens is 2. The summed E-state index contributed by atoms with van der Waals surface area (Å²) in [4.78, 5) is 17.8. The molecule has 0 radical (unpaired) electrons. The lowest BCUT2D eigenvalue weighted by molar-refractivity contribution is -0.0498. The lowest BCUT2D eigenvalue weighted by Crippen LogP contribution is -2.23. The molecule has 3 heterocycles. The first kappa shape index (κ1) is 18.9. The van der Waals surface area contributed by atoms with Crippen molar-refractivity contribution in [1.29, 1.82) is 0 Å². The Morgan fingerprint density at radius 1 is 1.00 bits per heavy atom. The Labute approximate surface area is 174 Å². The van der Waals surface area contributed by atoms with E-state index in [4.69, 9.17) is 0 Å². The number of nitrogens with zero attached hydrogens (tertiary/aromatic N) is 5. The van der Waals surface area contributed by atoms with Crippen LogP contribution in [0.2, 0.25) is 0 Å². The normalized spacial score (nSPS) is 11.5. The Hall–Kier alpha value is -4.14. The zero-order valence-electron chi connectivity index (χ0n) is 16.2. The van der Waals surface area contributed by atoms with Gasteiger partial charge in [-0.2, -0.15) is 23.7 Å². The summed E-state index contributed by atoms with van der Waals surface area (Å²) >= 11 is 0. The number of ether oxygens (including phenoxy) is 1. The summed E-state index contributed by atoms with van der Waals surface area (Å²) in [5.74, 6) is 0.00688. The lowest BCUT2D eigenvalue weighted by atomic mass is 10.1. The molecule has 0 aliphatic rings. The second kappa shape index (κ2) is 7.28. The van der Waals surface area contributed by atoms with E-state index in [1.807, 2.05) is 25.4 Å². The molecule has 0 spiro atoms. The minimum absolute atomic E-state index is 0.00688. The van der Waals surface area contributed by atoms with Gasteiger partial charge in [0.2, 0.25) is 0 Å². The predicted molar refractivity (Wildman–Crippen MR) is 111 cm³/mol. The fraction of sp³-hybridized carbons (Fsp3) is 0.0909. The standard InChI is InChI=1S/C22H15F2N5O2/c1-28-12-14-11-15(6-9-17(14)26-28)29-21(30)19(20-18(27-29)3-2-10-25-20)13-4-7-16(8-5-13)31-22(23)24/h2-12,22H,1H3. The number of aromatic nitrogens is 5. The first-order valence-electron chi connectivity index (χ1n) is 9.37. The zero-order chi connectivity index (χ0) is 21.5. The summed E-state index contributed by atoms with van der Waals surface area (Å²) in [7, 11) is 1.82. The van der Waals surface area contributed by atoms with Crippen LogP contribution < -0.4 is 10.3 Å². The molecule has 0 saturated heterocycles. The Kier molecular flexibility index (Phi) is 4.43. The average Bonchev–Trinajstić information content (AvgIpc) is 3.13. The van der Waals surface area contributed by atoms with Crippen LogP contribution in [0.25, 0.3) is 38.8 Å². The van der Waals surface area contributed by atoms with Crippen molar-refractivity contribution < 1.29 is 13.5 Å². The maximum atomic E-state index is 13.5. The number of fused-ring (bicyclic) bond motifs is 2. The van der Waals surface area contributed by atoms with Crippen LogP contribution in [-0.4, -0.2) is 31.2 Å². The molecule has 5 rings (SSSR count). The first-order valence-corrected chi connectivity index (χ1v) is 9.37. The molecule has 9 heteroatoms. The summed E-state index contributed by atoms with van der Waals surface area (Å²) in [5.41, 5.74) is 2.79. The second-order valence-electron chi connectivity index (χ2n) is 6.91. The highest BCUT2D eigenvalue weighted by atomic mass is 19.3. The maximum absolute atomic E-state index is 13.5. The highest BCUT2D eigenvalue weighted by molar-refractivity contribution is 5.90. The minimum Gasteiger partial charge on any atom is -0.435 e. The average molecular weight is 419 g/mol. The van der Waals surface area contributed by atoms with E-state index in [0.29, 0.717) is 27.8 Å². The van der Waals surface area contributed by atoms with Gasteiger partial charge in [0, 0.05) is 24.8 Å². The van der Waals surface area contributed by atoms with Crippen molar-refractivity contribution in [1.82, 2.24) is 24.5 Å². The summed E-state index contributed by atoms with van der Waals surface area (Å²) in [6.07, 6.45) is 3.43. The van der Waals surface area contributed by atoms with Crippen LogP contribution in [0.4, 0.5) is 8.78 Å². The molecule has 3 aromatic heterocycles. The molecule has 0 aliphatic heterocycles. The summed E-state index contributed by atoms with van der Waals surface area (Å²) in [6.45, 7) is -2.92. The number of benzene rings is 2. The Balaban J connectivity index is 1.72. The van der Waals surface area contributed by atoms with Crippen LogP contribution in [0.15, 0.2) is 71.8 Å². The lowest BCUT2D eigenvalue weighted by Gasteiger charge is -2.11. The molecule has 0 saturated carbocycles. The third-order valence-electron chi connectivity index (χ3n) is 4.85. The molecule has 5 aromatic rings.